The fourth-order valence-electron chi connectivity index (χ4n) is 6.26. The first kappa shape index (κ1) is 52.3. The molecule has 8 heteroatoms. The zero-order chi connectivity index (χ0) is 40.7. The van der Waals surface area contributed by atoms with Crippen LogP contribution in [0.1, 0.15) is 181 Å². The summed E-state index contributed by atoms with van der Waals surface area (Å²) in [6.07, 6.45) is 44.2. The molecule has 0 amide bonds. The van der Waals surface area contributed by atoms with Gasteiger partial charge in [-0.3, -0.25) is 9.59 Å². The average Bonchev–Trinajstić information content (AvgIpc) is 3.14. The normalized spacial score (nSPS) is 13.4. The fraction of sp³-hybridized carbons (Fsp3) is 0.766. The highest BCUT2D eigenvalue weighted by molar-refractivity contribution is 5.70. The quantitative estimate of drug-likeness (QED) is 0.0265. The van der Waals surface area contributed by atoms with Crippen molar-refractivity contribution in [2.45, 2.75) is 193 Å². The molecule has 0 aromatic rings. The molecule has 0 saturated heterocycles. The highest BCUT2D eigenvalue weighted by atomic mass is 16.6. The first-order valence-corrected chi connectivity index (χ1v) is 22.2. The molecule has 55 heavy (non-hydrogen) atoms. The fourth-order valence-corrected chi connectivity index (χ4v) is 6.26. The third-order valence-electron chi connectivity index (χ3n) is 9.70. The number of nitrogens with zero attached hydrogens (tertiary/aromatic N) is 1. The smallest absolute Gasteiger partial charge is 0.306 e. The molecule has 318 valence electrons. The molecule has 0 aliphatic carbocycles. The maximum absolute atomic E-state index is 12.7. The monoisotopic (exact) mass is 774 g/mol. The van der Waals surface area contributed by atoms with Crippen molar-refractivity contribution in [1.29, 1.82) is 0 Å². The number of carboxylic acids is 1. The number of allylic oxidation sites excluding steroid dienone is 8. The second-order valence-corrected chi connectivity index (χ2v) is 15.9. The topological polar surface area (TPSA) is 102 Å². The number of carbonyl (C=O) groups excluding carboxylic acids is 3. The molecule has 8 nitrogen and oxygen atoms in total. The van der Waals surface area contributed by atoms with E-state index in [1.54, 1.807) is 21.1 Å². The number of carboxylic acid groups (broad SMARTS) is 1. The number of carbonyl (C=O) groups is 3. The van der Waals surface area contributed by atoms with E-state index in [0.29, 0.717) is 12.8 Å². The lowest BCUT2D eigenvalue weighted by Gasteiger charge is -2.34. The Morgan fingerprint density at radius 2 is 1.02 bits per heavy atom. The highest BCUT2D eigenvalue weighted by Gasteiger charge is 2.25. The van der Waals surface area contributed by atoms with Crippen molar-refractivity contribution in [3.63, 3.8) is 0 Å². The minimum absolute atomic E-state index is 0.0311. The van der Waals surface area contributed by atoms with Crippen LogP contribution >= 0.6 is 0 Å². The van der Waals surface area contributed by atoms with Crippen molar-refractivity contribution < 1.29 is 38.2 Å². The van der Waals surface area contributed by atoms with Gasteiger partial charge in [0.1, 0.15) is 12.6 Å². The summed E-state index contributed by atoms with van der Waals surface area (Å²) in [7, 11) is 5.39. The van der Waals surface area contributed by atoms with Crippen molar-refractivity contribution in [1.82, 2.24) is 0 Å². The number of ether oxygens (including phenoxy) is 3. The summed E-state index contributed by atoms with van der Waals surface area (Å²) in [6.45, 7) is 4.51. The maximum atomic E-state index is 12.7. The maximum Gasteiger partial charge on any atom is 0.306 e. The van der Waals surface area contributed by atoms with Crippen molar-refractivity contribution >= 4 is 17.9 Å². The molecule has 0 fully saturated rings. The molecule has 0 aromatic heterocycles. The number of aliphatic carboxylic acids is 1. The molecule has 0 aliphatic heterocycles. The van der Waals surface area contributed by atoms with Gasteiger partial charge >= 0.3 is 11.9 Å². The Morgan fingerprint density at radius 1 is 0.564 bits per heavy atom. The molecule has 2 atom stereocenters. The summed E-state index contributed by atoms with van der Waals surface area (Å²) in [6, 6.07) is -0.730. The molecule has 0 bridgehead atoms. The summed E-state index contributed by atoms with van der Waals surface area (Å²) in [5.41, 5.74) is 0. The van der Waals surface area contributed by atoms with E-state index in [9.17, 15) is 19.5 Å². The van der Waals surface area contributed by atoms with Crippen LogP contribution in [0.3, 0.4) is 0 Å². The summed E-state index contributed by atoms with van der Waals surface area (Å²) >= 11 is 0. The van der Waals surface area contributed by atoms with E-state index in [2.05, 4.69) is 62.5 Å². The van der Waals surface area contributed by atoms with Gasteiger partial charge < -0.3 is 28.6 Å². The summed E-state index contributed by atoms with van der Waals surface area (Å²) in [5.74, 6) is -1.77. The number of hydrogen-bond acceptors (Lipinski definition) is 7. The minimum Gasteiger partial charge on any atom is -0.544 e. The van der Waals surface area contributed by atoms with Crippen LogP contribution in [0.4, 0.5) is 0 Å². The molecule has 0 radical (unpaired) electrons. The number of hydrogen-bond donors (Lipinski definition) is 0. The zero-order valence-corrected chi connectivity index (χ0v) is 36.1. The number of likely N-dealkylation sites (N-methyl/N-ethyl adjacent to an activating group) is 1. The van der Waals surface area contributed by atoms with Crippen molar-refractivity contribution in [2.24, 2.45) is 0 Å². The van der Waals surface area contributed by atoms with Gasteiger partial charge in [-0.05, 0) is 70.6 Å². The van der Waals surface area contributed by atoms with E-state index in [1.807, 2.05) is 0 Å². The van der Waals surface area contributed by atoms with Crippen LogP contribution in [0.2, 0.25) is 0 Å². The van der Waals surface area contributed by atoms with E-state index in [-0.39, 0.29) is 42.7 Å². The minimum atomic E-state index is -1.13. The highest BCUT2D eigenvalue weighted by Crippen LogP contribution is 2.14. The first-order chi connectivity index (χ1) is 26.6. The van der Waals surface area contributed by atoms with Gasteiger partial charge in [-0.1, -0.05) is 140 Å². The molecule has 0 rings (SSSR count). The molecule has 0 aliphatic rings. The third kappa shape index (κ3) is 36.7. The van der Waals surface area contributed by atoms with Crippen LogP contribution in [-0.2, 0) is 28.6 Å². The summed E-state index contributed by atoms with van der Waals surface area (Å²) < 4.78 is 17.1. The molecule has 0 heterocycles. The van der Waals surface area contributed by atoms with Gasteiger partial charge in [0.25, 0.3) is 0 Å². The van der Waals surface area contributed by atoms with Crippen molar-refractivity contribution in [3.05, 3.63) is 48.6 Å². The SMILES string of the molecule is CC/C=C/C/C=C/C/C=C/CCCCCCC(=O)OCC(COCCC(C(=O)[O-])[N+](C)(C)C)OC(=O)CCCCCCCCC/C=C/CCCCCCCC. The first-order valence-electron chi connectivity index (χ1n) is 22.2. The lowest BCUT2D eigenvalue weighted by Crippen LogP contribution is -2.55. The van der Waals surface area contributed by atoms with E-state index >= 15 is 0 Å². The van der Waals surface area contributed by atoms with Crippen LogP contribution < -0.4 is 5.11 Å². The number of esters is 2. The van der Waals surface area contributed by atoms with E-state index in [0.717, 1.165) is 70.6 Å². The Labute approximate surface area is 337 Å². The van der Waals surface area contributed by atoms with Gasteiger partial charge in [0, 0.05) is 19.3 Å². The zero-order valence-electron chi connectivity index (χ0n) is 36.1. The lowest BCUT2D eigenvalue weighted by atomic mass is 10.1. The van der Waals surface area contributed by atoms with Crippen LogP contribution in [0.25, 0.3) is 0 Å². The number of unbranched alkanes of at least 4 members (excludes halogenated alkanes) is 17. The van der Waals surface area contributed by atoms with Crippen LogP contribution in [-0.4, -0.2) is 75.5 Å². The van der Waals surface area contributed by atoms with Crippen LogP contribution in [0, 0.1) is 0 Å². The Kier molecular flexibility index (Phi) is 36.3. The van der Waals surface area contributed by atoms with Crippen molar-refractivity contribution in [2.75, 3.05) is 41.0 Å². The second kappa shape index (κ2) is 38.2. The average molecular weight is 774 g/mol. The molecular weight excluding hydrogens is 691 g/mol. The van der Waals surface area contributed by atoms with Gasteiger partial charge in [0.15, 0.2) is 6.10 Å². The largest absolute Gasteiger partial charge is 0.544 e. The van der Waals surface area contributed by atoms with Crippen molar-refractivity contribution in [3.8, 4) is 0 Å². The van der Waals surface area contributed by atoms with Gasteiger partial charge in [0.2, 0.25) is 0 Å². The van der Waals surface area contributed by atoms with E-state index < -0.39 is 18.1 Å². The Hall–Kier alpha value is -2.71. The third-order valence-corrected chi connectivity index (χ3v) is 9.70. The van der Waals surface area contributed by atoms with Crippen LogP contribution in [0.5, 0.6) is 0 Å². The van der Waals surface area contributed by atoms with Gasteiger partial charge in [0.05, 0.1) is 40.3 Å². The Bertz CT molecular complexity index is 1040. The predicted molar refractivity (Wildman–Crippen MR) is 226 cm³/mol. The second-order valence-electron chi connectivity index (χ2n) is 15.9. The molecular formula is C47H83NO7. The summed E-state index contributed by atoms with van der Waals surface area (Å²) in [4.78, 5) is 36.8. The molecule has 0 saturated carbocycles. The molecule has 0 N–H and O–H groups in total. The molecule has 0 aromatic carbocycles. The number of rotatable bonds is 39. The van der Waals surface area contributed by atoms with Gasteiger partial charge in [-0.2, -0.15) is 0 Å². The number of quaternary nitrogens is 1. The standard InChI is InChI=1S/C47H83NO7/c1-6-8-10-12-14-16-18-20-22-23-24-26-28-30-32-34-36-38-46(50)55-43(41-53-40-39-44(47(51)52)48(3,4)5)42-54-45(49)37-35-33-31-29-27-25-21-19-17-15-13-11-9-7-2/h9,11,15,17,20-22,25,43-44H,6-8,10,12-14,16,18-19,23-24,26-42H2,1-5H3/b11-9+,17-15+,22-20+,25-21+. The Morgan fingerprint density at radius 3 is 1.53 bits per heavy atom. The summed E-state index contributed by atoms with van der Waals surface area (Å²) in [5, 5.41) is 11.6. The van der Waals surface area contributed by atoms with Gasteiger partial charge in [-0.25, -0.2) is 0 Å². The van der Waals surface area contributed by atoms with Crippen LogP contribution in [0.15, 0.2) is 48.6 Å². The Balaban J connectivity index is 4.37. The van der Waals surface area contributed by atoms with E-state index in [1.165, 1.54) is 77.0 Å². The lowest BCUT2D eigenvalue weighted by molar-refractivity contribution is -0.889. The molecule has 2 unspecified atom stereocenters. The predicted octanol–water partition coefficient (Wildman–Crippen LogP) is 10.7. The molecule has 0 spiro atoms. The van der Waals surface area contributed by atoms with E-state index in [4.69, 9.17) is 14.2 Å². The van der Waals surface area contributed by atoms with Gasteiger partial charge in [-0.15, -0.1) is 0 Å².